The normalized spacial score (nSPS) is 34.7. The molecule has 0 heterocycles. The molecule has 0 aliphatic heterocycles. The summed E-state index contributed by atoms with van der Waals surface area (Å²) >= 11 is 0. The second kappa shape index (κ2) is 8.87. The maximum atomic E-state index is 13.3. The van der Waals surface area contributed by atoms with Gasteiger partial charge in [0.15, 0.2) is 0 Å². The van der Waals surface area contributed by atoms with Gasteiger partial charge in [0.05, 0.1) is 11.1 Å². The van der Waals surface area contributed by atoms with Gasteiger partial charge in [-0.15, -0.1) is 0 Å². The summed E-state index contributed by atoms with van der Waals surface area (Å²) in [5, 5.41) is 0. The van der Waals surface area contributed by atoms with E-state index in [4.69, 9.17) is 9.47 Å². The third-order valence-corrected chi connectivity index (χ3v) is 9.23. The van der Waals surface area contributed by atoms with Crippen molar-refractivity contribution >= 4 is 11.9 Å². The highest BCUT2D eigenvalue weighted by Gasteiger charge is 2.68. The Labute approximate surface area is 202 Å². The lowest BCUT2D eigenvalue weighted by atomic mass is 9.69. The number of unbranched alkanes of at least 4 members (excludes halogenated alkanes) is 1. The third kappa shape index (κ3) is 3.66. The first-order valence-electron chi connectivity index (χ1n) is 13.2. The Hall–Kier alpha value is -2.62. The fourth-order valence-corrected chi connectivity index (χ4v) is 7.97. The SMILES string of the molecule is CCCCc1cccc(C(=O)OC2C3CC(C2OC(=O)c2ccccc2)C2C4CCC(C4)C32)c1. The zero-order valence-electron chi connectivity index (χ0n) is 19.9. The summed E-state index contributed by atoms with van der Waals surface area (Å²) < 4.78 is 12.4. The molecule has 4 saturated carbocycles. The molecular formula is C30H34O4. The Kier molecular flexibility index (Phi) is 5.71. The highest BCUT2D eigenvalue weighted by atomic mass is 16.6. The largest absolute Gasteiger partial charge is 0.455 e. The second-order valence-corrected chi connectivity index (χ2v) is 11.0. The Balaban J connectivity index is 1.24. The fraction of sp³-hybridized carbons (Fsp3) is 0.533. The molecule has 0 N–H and O–H groups in total. The van der Waals surface area contributed by atoms with Gasteiger partial charge in [-0.25, -0.2) is 9.59 Å². The Bertz CT molecular complexity index is 1060. The first-order valence-corrected chi connectivity index (χ1v) is 13.2. The summed E-state index contributed by atoms with van der Waals surface area (Å²) in [5.74, 6) is 2.81. The molecule has 4 heteroatoms. The molecular weight excluding hydrogens is 424 g/mol. The first kappa shape index (κ1) is 21.9. The van der Waals surface area contributed by atoms with Crippen LogP contribution in [0.3, 0.4) is 0 Å². The lowest BCUT2D eigenvalue weighted by Gasteiger charge is -2.42. The van der Waals surface area contributed by atoms with Gasteiger partial charge in [-0.1, -0.05) is 43.7 Å². The van der Waals surface area contributed by atoms with E-state index >= 15 is 0 Å². The lowest BCUT2D eigenvalue weighted by Crippen LogP contribution is -2.48. The smallest absolute Gasteiger partial charge is 0.338 e. The Morgan fingerprint density at radius 2 is 1.41 bits per heavy atom. The predicted molar refractivity (Wildman–Crippen MR) is 129 cm³/mol. The molecule has 34 heavy (non-hydrogen) atoms. The highest BCUT2D eigenvalue weighted by Crippen LogP contribution is 2.68. The monoisotopic (exact) mass is 458 g/mol. The van der Waals surface area contributed by atoms with Gasteiger partial charge in [-0.2, -0.15) is 0 Å². The minimum absolute atomic E-state index is 0.281. The number of benzene rings is 2. The van der Waals surface area contributed by atoms with Crippen molar-refractivity contribution in [3.05, 3.63) is 71.3 Å². The van der Waals surface area contributed by atoms with Gasteiger partial charge in [-0.05, 0) is 92.0 Å². The Morgan fingerprint density at radius 1 is 0.794 bits per heavy atom. The quantitative estimate of drug-likeness (QED) is 0.372. The number of hydrogen-bond acceptors (Lipinski definition) is 4. The number of rotatable bonds is 7. The molecule has 178 valence electrons. The second-order valence-electron chi connectivity index (χ2n) is 11.0. The summed E-state index contributed by atoms with van der Waals surface area (Å²) in [6.07, 6.45) is 7.46. The van der Waals surface area contributed by atoms with E-state index in [1.54, 1.807) is 12.1 Å². The number of aryl methyl sites for hydroxylation is 1. The predicted octanol–water partition coefficient (Wildman–Crippen LogP) is 6.09. The number of hydrogen-bond donors (Lipinski definition) is 0. The average Bonchev–Trinajstić information content (AvgIpc) is 3.64. The standard InChI is InChI=1S/C30H34O4/c1-2-3-8-18-9-7-12-22(15-18)30(32)34-28-24-17-23(25-20-13-14-21(16-20)26(24)25)27(28)33-29(31)19-10-5-4-6-11-19/h4-7,9-12,15,20-21,23-28H,2-3,8,13-14,16-17H2,1H3. The zero-order chi connectivity index (χ0) is 23.2. The van der Waals surface area contributed by atoms with Crippen molar-refractivity contribution in [1.82, 2.24) is 0 Å². The molecule has 0 saturated heterocycles. The summed E-state index contributed by atoms with van der Waals surface area (Å²) in [5.41, 5.74) is 2.34. The van der Waals surface area contributed by atoms with Gasteiger partial charge in [0.2, 0.25) is 0 Å². The first-order chi connectivity index (χ1) is 16.6. The van der Waals surface area contributed by atoms with Crippen LogP contribution in [0.2, 0.25) is 0 Å². The molecule has 8 atom stereocenters. The van der Waals surface area contributed by atoms with Crippen LogP contribution in [0.4, 0.5) is 0 Å². The average molecular weight is 459 g/mol. The minimum Gasteiger partial charge on any atom is -0.455 e. The van der Waals surface area contributed by atoms with Crippen molar-refractivity contribution in [2.24, 2.45) is 35.5 Å². The number of carbonyl (C=O) groups excluding carboxylic acids is 2. The van der Waals surface area contributed by atoms with E-state index < -0.39 is 0 Å². The van der Waals surface area contributed by atoms with Gasteiger partial charge in [0.25, 0.3) is 0 Å². The van der Waals surface area contributed by atoms with Crippen LogP contribution in [0.5, 0.6) is 0 Å². The van der Waals surface area contributed by atoms with E-state index in [9.17, 15) is 9.59 Å². The molecule has 2 aromatic rings. The van der Waals surface area contributed by atoms with Gasteiger partial charge >= 0.3 is 11.9 Å². The van der Waals surface area contributed by atoms with Crippen molar-refractivity contribution in [1.29, 1.82) is 0 Å². The molecule has 4 fully saturated rings. The van der Waals surface area contributed by atoms with Crippen molar-refractivity contribution in [2.45, 2.75) is 64.1 Å². The van der Waals surface area contributed by atoms with E-state index in [2.05, 4.69) is 13.0 Å². The Morgan fingerprint density at radius 3 is 2.06 bits per heavy atom. The van der Waals surface area contributed by atoms with E-state index in [-0.39, 0.29) is 24.1 Å². The van der Waals surface area contributed by atoms with Gasteiger partial charge in [-0.3, -0.25) is 0 Å². The van der Waals surface area contributed by atoms with Crippen LogP contribution in [0, 0.1) is 35.5 Å². The molecule has 0 aromatic heterocycles. The molecule has 8 unspecified atom stereocenters. The number of fused-ring (bicyclic) bond motifs is 9. The topological polar surface area (TPSA) is 52.6 Å². The van der Waals surface area contributed by atoms with E-state index in [0.29, 0.717) is 34.8 Å². The summed E-state index contributed by atoms with van der Waals surface area (Å²) in [7, 11) is 0. The van der Waals surface area contributed by atoms with E-state index in [1.807, 2.05) is 36.4 Å². The van der Waals surface area contributed by atoms with Gasteiger partial charge < -0.3 is 9.47 Å². The number of carbonyl (C=O) groups is 2. The van der Waals surface area contributed by atoms with Crippen molar-refractivity contribution in [3.63, 3.8) is 0 Å². The zero-order valence-corrected chi connectivity index (χ0v) is 19.9. The molecule has 4 bridgehead atoms. The lowest BCUT2D eigenvalue weighted by molar-refractivity contribution is -0.0891. The molecule has 0 amide bonds. The van der Waals surface area contributed by atoms with Crippen LogP contribution in [-0.2, 0) is 15.9 Å². The summed E-state index contributed by atoms with van der Waals surface area (Å²) in [6, 6.07) is 17.0. The van der Waals surface area contributed by atoms with Crippen LogP contribution >= 0.6 is 0 Å². The van der Waals surface area contributed by atoms with E-state index in [0.717, 1.165) is 37.5 Å². The van der Waals surface area contributed by atoms with Crippen molar-refractivity contribution < 1.29 is 19.1 Å². The van der Waals surface area contributed by atoms with Crippen LogP contribution in [0.25, 0.3) is 0 Å². The number of esters is 2. The molecule has 4 nitrogen and oxygen atoms in total. The van der Waals surface area contributed by atoms with Crippen molar-refractivity contribution in [2.75, 3.05) is 0 Å². The molecule has 0 spiro atoms. The van der Waals surface area contributed by atoms with Crippen LogP contribution in [0.1, 0.15) is 71.7 Å². The van der Waals surface area contributed by atoms with Gasteiger partial charge in [0.1, 0.15) is 12.2 Å². The third-order valence-electron chi connectivity index (χ3n) is 9.23. The van der Waals surface area contributed by atoms with Crippen LogP contribution < -0.4 is 0 Å². The molecule has 2 aromatic carbocycles. The molecule has 4 aliphatic rings. The molecule has 6 rings (SSSR count). The van der Waals surface area contributed by atoms with Crippen LogP contribution in [0.15, 0.2) is 54.6 Å². The molecule has 0 radical (unpaired) electrons. The fourth-order valence-electron chi connectivity index (χ4n) is 7.97. The van der Waals surface area contributed by atoms with Crippen LogP contribution in [-0.4, -0.2) is 24.1 Å². The number of ether oxygens (including phenoxy) is 2. The van der Waals surface area contributed by atoms with Gasteiger partial charge in [0, 0.05) is 11.8 Å². The minimum atomic E-state index is -0.343. The summed E-state index contributed by atoms with van der Waals surface area (Å²) in [6.45, 7) is 2.17. The van der Waals surface area contributed by atoms with E-state index in [1.165, 1.54) is 24.8 Å². The highest BCUT2D eigenvalue weighted by molar-refractivity contribution is 5.90. The summed E-state index contributed by atoms with van der Waals surface area (Å²) in [4.78, 5) is 26.3. The molecule has 4 aliphatic carbocycles. The van der Waals surface area contributed by atoms with Crippen molar-refractivity contribution in [3.8, 4) is 0 Å². The maximum Gasteiger partial charge on any atom is 0.338 e. The maximum absolute atomic E-state index is 13.3.